The summed E-state index contributed by atoms with van der Waals surface area (Å²) in [7, 11) is 3.40. The molecule has 4 nitrogen and oxygen atoms in total. The van der Waals surface area contributed by atoms with E-state index in [1.807, 2.05) is 24.3 Å². The van der Waals surface area contributed by atoms with E-state index < -0.39 is 0 Å². The SMILES string of the molecule is COCCCNC(=O)N(C)Cc1cccc(Cl)c1. The van der Waals surface area contributed by atoms with Crippen LogP contribution in [-0.2, 0) is 11.3 Å². The molecule has 2 amide bonds. The van der Waals surface area contributed by atoms with E-state index in [0.29, 0.717) is 24.7 Å². The molecule has 0 heterocycles. The van der Waals surface area contributed by atoms with E-state index >= 15 is 0 Å². The van der Waals surface area contributed by atoms with E-state index in [4.69, 9.17) is 16.3 Å². The van der Waals surface area contributed by atoms with Crippen LogP contribution in [-0.4, -0.2) is 38.2 Å². The number of ether oxygens (including phenoxy) is 1. The number of nitrogens with one attached hydrogen (secondary N) is 1. The molecule has 1 aromatic rings. The number of halogens is 1. The van der Waals surface area contributed by atoms with Gasteiger partial charge < -0.3 is 15.0 Å². The first-order valence-electron chi connectivity index (χ1n) is 5.86. The largest absolute Gasteiger partial charge is 0.385 e. The smallest absolute Gasteiger partial charge is 0.317 e. The molecule has 0 fully saturated rings. The van der Waals surface area contributed by atoms with Gasteiger partial charge in [0, 0.05) is 38.9 Å². The summed E-state index contributed by atoms with van der Waals surface area (Å²) in [6.45, 7) is 1.81. The zero-order valence-electron chi connectivity index (χ0n) is 10.8. The van der Waals surface area contributed by atoms with Crippen LogP contribution in [0.3, 0.4) is 0 Å². The summed E-state index contributed by atoms with van der Waals surface area (Å²) in [4.78, 5) is 13.4. The molecule has 0 aromatic heterocycles. The lowest BCUT2D eigenvalue weighted by atomic mass is 10.2. The summed E-state index contributed by atoms with van der Waals surface area (Å²) in [6.07, 6.45) is 0.813. The highest BCUT2D eigenvalue weighted by Gasteiger charge is 2.08. The average molecular weight is 271 g/mol. The van der Waals surface area contributed by atoms with Crippen molar-refractivity contribution in [1.82, 2.24) is 10.2 Å². The lowest BCUT2D eigenvalue weighted by Crippen LogP contribution is -2.37. The molecule has 0 radical (unpaired) electrons. The van der Waals surface area contributed by atoms with E-state index in [-0.39, 0.29) is 6.03 Å². The van der Waals surface area contributed by atoms with Gasteiger partial charge in [0.15, 0.2) is 0 Å². The second-order valence-electron chi connectivity index (χ2n) is 4.06. The van der Waals surface area contributed by atoms with Gasteiger partial charge in [-0.1, -0.05) is 23.7 Å². The van der Waals surface area contributed by atoms with E-state index in [1.54, 1.807) is 19.1 Å². The summed E-state index contributed by atoms with van der Waals surface area (Å²) in [5, 5.41) is 3.51. The maximum absolute atomic E-state index is 11.7. The third-order valence-corrected chi connectivity index (χ3v) is 2.69. The van der Waals surface area contributed by atoms with Gasteiger partial charge in [0.05, 0.1) is 0 Å². The van der Waals surface area contributed by atoms with Crippen LogP contribution in [0.4, 0.5) is 4.79 Å². The third kappa shape index (κ3) is 5.38. The molecule has 5 heteroatoms. The fourth-order valence-electron chi connectivity index (χ4n) is 1.53. The molecule has 100 valence electrons. The van der Waals surface area contributed by atoms with Crippen molar-refractivity contribution >= 4 is 17.6 Å². The molecule has 0 aliphatic carbocycles. The molecule has 1 rings (SSSR count). The van der Waals surface area contributed by atoms with Gasteiger partial charge in [0.25, 0.3) is 0 Å². The normalized spacial score (nSPS) is 10.2. The van der Waals surface area contributed by atoms with Gasteiger partial charge in [-0.3, -0.25) is 0 Å². The minimum atomic E-state index is -0.0916. The number of amides is 2. The van der Waals surface area contributed by atoms with Crippen molar-refractivity contribution in [3.8, 4) is 0 Å². The Bertz CT molecular complexity index is 385. The van der Waals surface area contributed by atoms with Crippen molar-refractivity contribution in [3.05, 3.63) is 34.9 Å². The second kappa shape index (κ2) is 7.95. The first-order chi connectivity index (χ1) is 8.63. The van der Waals surface area contributed by atoms with Crippen molar-refractivity contribution in [2.75, 3.05) is 27.3 Å². The molecular formula is C13H19ClN2O2. The highest BCUT2D eigenvalue weighted by atomic mass is 35.5. The first kappa shape index (κ1) is 14.8. The summed E-state index contributed by atoms with van der Waals surface area (Å²) in [5.41, 5.74) is 1.01. The Labute approximate surface area is 113 Å². The van der Waals surface area contributed by atoms with Crippen LogP contribution in [0, 0.1) is 0 Å². The molecule has 18 heavy (non-hydrogen) atoms. The number of carbonyl (C=O) groups is 1. The van der Waals surface area contributed by atoms with E-state index in [0.717, 1.165) is 12.0 Å². The van der Waals surface area contributed by atoms with Gasteiger partial charge in [-0.25, -0.2) is 4.79 Å². The molecule has 0 aliphatic heterocycles. The van der Waals surface area contributed by atoms with Crippen LogP contribution < -0.4 is 5.32 Å². The molecule has 1 N–H and O–H groups in total. The average Bonchev–Trinajstić information content (AvgIpc) is 2.34. The molecule has 0 atom stereocenters. The van der Waals surface area contributed by atoms with E-state index in [1.165, 1.54) is 0 Å². The Morgan fingerprint density at radius 1 is 1.50 bits per heavy atom. The van der Waals surface area contributed by atoms with Crippen LogP contribution in [0.2, 0.25) is 5.02 Å². The van der Waals surface area contributed by atoms with Gasteiger partial charge in [-0.05, 0) is 24.1 Å². The monoisotopic (exact) mass is 270 g/mol. The third-order valence-electron chi connectivity index (χ3n) is 2.46. The van der Waals surface area contributed by atoms with Gasteiger partial charge in [0.1, 0.15) is 0 Å². The van der Waals surface area contributed by atoms with Crippen LogP contribution >= 0.6 is 11.6 Å². The van der Waals surface area contributed by atoms with Crippen LogP contribution in [0.5, 0.6) is 0 Å². The number of hydrogen-bond donors (Lipinski definition) is 1. The number of hydrogen-bond acceptors (Lipinski definition) is 2. The molecular weight excluding hydrogens is 252 g/mol. The van der Waals surface area contributed by atoms with Crippen molar-refractivity contribution in [3.63, 3.8) is 0 Å². The first-order valence-corrected chi connectivity index (χ1v) is 6.23. The maximum Gasteiger partial charge on any atom is 0.317 e. The predicted molar refractivity (Wildman–Crippen MR) is 72.8 cm³/mol. The van der Waals surface area contributed by atoms with Crippen molar-refractivity contribution < 1.29 is 9.53 Å². The topological polar surface area (TPSA) is 41.6 Å². The molecule has 0 saturated carbocycles. The minimum absolute atomic E-state index is 0.0916. The molecule has 0 bridgehead atoms. The Balaban J connectivity index is 2.35. The predicted octanol–water partition coefficient (Wildman–Crippen LogP) is 2.52. The zero-order valence-corrected chi connectivity index (χ0v) is 11.5. The molecule has 0 aliphatic rings. The van der Waals surface area contributed by atoms with Crippen molar-refractivity contribution in [2.24, 2.45) is 0 Å². The molecule has 0 saturated heterocycles. The number of benzene rings is 1. The van der Waals surface area contributed by atoms with Crippen LogP contribution in [0.1, 0.15) is 12.0 Å². The Kier molecular flexibility index (Phi) is 6.54. The van der Waals surface area contributed by atoms with E-state index in [2.05, 4.69) is 5.32 Å². The number of nitrogens with zero attached hydrogens (tertiary/aromatic N) is 1. The zero-order chi connectivity index (χ0) is 13.4. The quantitative estimate of drug-likeness (QED) is 0.807. The number of urea groups is 1. The molecule has 0 unspecified atom stereocenters. The highest BCUT2D eigenvalue weighted by Crippen LogP contribution is 2.12. The number of methoxy groups -OCH3 is 1. The van der Waals surface area contributed by atoms with Gasteiger partial charge >= 0.3 is 6.03 Å². The Morgan fingerprint density at radius 2 is 2.28 bits per heavy atom. The minimum Gasteiger partial charge on any atom is -0.385 e. The maximum atomic E-state index is 11.7. The summed E-state index contributed by atoms with van der Waals surface area (Å²) in [6, 6.07) is 7.40. The summed E-state index contributed by atoms with van der Waals surface area (Å²) >= 11 is 5.89. The standard InChI is InChI=1S/C13H19ClN2O2/c1-16(13(17)15-7-4-8-18-2)10-11-5-3-6-12(14)9-11/h3,5-6,9H,4,7-8,10H2,1-2H3,(H,15,17). The lowest BCUT2D eigenvalue weighted by molar-refractivity contribution is 0.188. The number of rotatable bonds is 6. The van der Waals surface area contributed by atoms with Crippen LogP contribution in [0.15, 0.2) is 24.3 Å². The summed E-state index contributed by atoms with van der Waals surface area (Å²) in [5.74, 6) is 0. The molecule has 0 spiro atoms. The van der Waals surface area contributed by atoms with Crippen LogP contribution in [0.25, 0.3) is 0 Å². The second-order valence-corrected chi connectivity index (χ2v) is 4.50. The van der Waals surface area contributed by atoms with Crippen molar-refractivity contribution in [1.29, 1.82) is 0 Å². The lowest BCUT2D eigenvalue weighted by Gasteiger charge is -2.18. The fourth-order valence-corrected chi connectivity index (χ4v) is 1.74. The van der Waals surface area contributed by atoms with Gasteiger partial charge in [-0.2, -0.15) is 0 Å². The highest BCUT2D eigenvalue weighted by molar-refractivity contribution is 6.30. The fraction of sp³-hybridized carbons (Fsp3) is 0.462. The van der Waals surface area contributed by atoms with Gasteiger partial charge in [-0.15, -0.1) is 0 Å². The van der Waals surface area contributed by atoms with Gasteiger partial charge in [0.2, 0.25) is 0 Å². The molecule has 1 aromatic carbocycles. The number of carbonyl (C=O) groups excluding carboxylic acids is 1. The summed E-state index contributed by atoms with van der Waals surface area (Å²) < 4.78 is 4.91. The Morgan fingerprint density at radius 3 is 2.94 bits per heavy atom. The Hall–Kier alpha value is -1.26. The van der Waals surface area contributed by atoms with Crippen molar-refractivity contribution in [2.45, 2.75) is 13.0 Å². The van der Waals surface area contributed by atoms with E-state index in [9.17, 15) is 4.79 Å².